The maximum Gasteiger partial charge on any atom is 0.343 e. The van der Waals surface area contributed by atoms with Gasteiger partial charge in [-0.05, 0) is 79.2 Å². The van der Waals surface area contributed by atoms with Crippen molar-refractivity contribution in [2.75, 3.05) is 13.4 Å². The van der Waals surface area contributed by atoms with Crippen LogP contribution in [-0.4, -0.2) is 35.2 Å². The number of carbonyl (C=O) groups excluding carboxylic acids is 1. The predicted molar refractivity (Wildman–Crippen MR) is 160 cm³/mol. The summed E-state index contributed by atoms with van der Waals surface area (Å²) < 4.78 is 23.2. The fraction of sp³-hybridized carbons (Fsp3) is 0.0968. The van der Waals surface area contributed by atoms with Gasteiger partial charge in [-0.15, -0.1) is 0 Å². The van der Waals surface area contributed by atoms with Crippen molar-refractivity contribution < 1.29 is 23.7 Å². The second-order valence-electron chi connectivity index (χ2n) is 9.03. The molecule has 4 aromatic carbocycles. The molecule has 210 valence electrons. The van der Waals surface area contributed by atoms with Crippen molar-refractivity contribution in [1.29, 1.82) is 0 Å². The molecule has 1 aromatic heterocycles. The smallest absolute Gasteiger partial charge is 0.343 e. The van der Waals surface area contributed by atoms with E-state index in [2.05, 4.69) is 10.1 Å². The number of aromatic nitrogens is 2. The summed E-state index contributed by atoms with van der Waals surface area (Å²) in [6.07, 6.45) is 1.48. The molecule has 0 spiro atoms. The number of fused-ring (bicyclic) bond motifs is 2. The third-order valence-corrected chi connectivity index (χ3v) is 6.87. The van der Waals surface area contributed by atoms with Gasteiger partial charge in [0, 0.05) is 10.6 Å². The Morgan fingerprint density at radius 3 is 2.67 bits per heavy atom. The molecule has 0 fully saturated rings. The normalized spacial score (nSPS) is 12.2. The predicted octanol–water partition coefficient (Wildman–Crippen LogP) is 6.60. The van der Waals surface area contributed by atoms with Crippen LogP contribution in [0.3, 0.4) is 0 Å². The zero-order chi connectivity index (χ0) is 29.2. The fourth-order valence-corrected chi connectivity index (χ4v) is 4.83. The Morgan fingerprint density at radius 2 is 1.83 bits per heavy atom. The van der Waals surface area contributed by atoms with E-state index in [0.717, 1.165) is 0 Å². The van der Waals surface area contributed by atoms with E-state index < -0.39 is 5.97 Å². The molecule has 5 aromatic rings. The molecular weight excluding hydrogens is 581 g/mol. The quantitative estimate of drug-likeness (QED) is 0.118. The number of carbonyl (C=O) groups is 1. The molecular formula is C31H21Cl2N3O6. The van der Waals surface area contributed by atoms with Gasteiger partial charge in [0.1, 0.15) is 0 Å². The molecule has 0 saturated heterocycles. The van der Waals surface area contributed by atoms with E-state index in [0.29, 0.717) is 61.5 Å². The first-order valence-corrected chi connectivity index (χ1v) is 13.6. The number of esters is 1. The third-order valence-electron chi connectivity index (χ3n) is 6.33. The second-order valence-corrected chi connectivity index (χ2v) is 9.88. The highest BCUT2D eigenvalue weighted by molar-refractivity contribution is 6.36. The lowest BCUT2D eigenvalue weighted by atomic mass is 10.2. The first-order chi connectivity index (χ1) is 20.4. The van der Waals surface area contributed by atoms with Gasteiger partial charge < -0.3 is 18.9 Å². The minimum atomic E-state index is -0.589. The van der Waals surface area contributed by atoms with E-state index >= 15 is 0 Å². The molecule has 0 amide bonds. The van der Waals surface area contributed by atoms with Gasteiger partial charge in [0.05, 0.1) is 34.3 Å². The lowest BCUT2D eigenvalue weighted by Crippen LogP contribution is -2.20. The Kier molecular flexibility index (Phi) is 7.52. The summed E-state index contributed by atoms with van der Waals surface area (Å²) in [5.74, 6) is 1.23. The van der Waals surface area contributed by atoms with Crippen LogP contribution < -0.4 is 24.5 Å². The molecule has 1 aliphatic heterocycles. The first-order valence-electron chi connectivity index (χ1n) is 12.8. The van der Waals surface area contributed by atoms with Crippen LogP contribution in [0.4, 0.5) is 0 Å². The van der Waals surface area contributed by atoms with Gasteiger partial charge in [-0.3, -0.25) is 4.79 Å². The van der Waals surface area contributed by atoms with Gasteiger partial charge in [-0.1, -0.05) is 35.3 Å². The molecule has 0 unspecified atom stereocenters. The summed E-state index contributed by atoms with van der Waals surface area (Å²) >= 11 is 12.6. The van der Waals surface area contributed by atoms with Gasteiger partial charge in [-0.2, -0.15) is 9.78 Å². The Hall–Kier alpha value is -4.86. The van der Waals surface area contributed by atoms with Gasteiger partial charge in [0.15, 0.2) is 28.8 Å². The van der Waals surface area contributed by atoms with Gasteiger partial charge in [0.25, 0.3) is 5.56 Å². The molecule has 0 atom stereocenters. The maximum absolute atomic E-state index is 13.5. The van der Waals surface area contributed by atoms with Gasteiger partial charge >= 0.3 is 5.97 Å². The molecule has 2 heterocycles. The number of hydrogen-bond donors (Lipinski definition) is 0. The zero-order valence-electron chi connectivity index (χ0n) is 22.0. The summed E-state index contributed by atoms with van der Waals surface area (Å²) in [7, 11) is 0. The van der Waals surface area contributed by atoms with E-state index in [1.165, 1.54) is 10.9 Å². The number of ether oxygens (including phenoxy) is 4. The highest BCUT2D eigenvalue weighted by Crippen LogP contribution is 2.34. The van der Waals surface area contributed by atoms with Crippen molar-refractivity contribution in [3.63, 3.8) is 0 Å². The van der Waals surface area contributed by atoms with E-state index in [1.807, 2.05) is 6.92 Å². The molecule has 0 radical (unpaired) electrons. The van der Waals surface area contributed by atoms with Crippen molar-refractivity contribution >= 4 is 46.3 Å². The van der Waals surface area contributed by atoms with E-state index in [9.17, 15) is 9.59 Å². The summed E-state index contributed by atoms with van der Waals surface area (Å²) in [5.41, 5.74) is 1.49. The van der Waals surface area contributed by atoms with Crippen LogP contribution >= 0.6 is 23.2 Å². The molecule has 0 N–H and O–H groups in total. The summed E-state index contributed by atoms with van der Waals surface area (Å²) in [6, 6.07) is 21.6. The van der Waals surface area contributed by atoms with Crippen molar-refractivity contribution in [3.8, 4) is 34.4 Å². The minimum absolute atomic E-state index is 0.0982. The van der Waals surface area contributed by atoms with Crippen LogP contribution in [0.25, 0.3) is 22.3 Å². The van der Waals surface area contributed by atoms with Gasteiger partial charge in [0.2, 0.25) is 6.79 Å². The Bertz CT molecular complexity index is 1940. The van der Waals surface area contributed by atoms with Crippen LogP contribution in [0, 0.1) is 0 Å². The van der Waals surface area contributed by atoms with Crippen molar-refractivity contribution in [3.05, 3.63) is 110 Å². The molecule has 0 bridgehead atoms. The van der Waals surface area contributed by atoms with E-state index in [4.69, 9.17) is 42.1 Å². The van der Waals surface area contributed by atoms with Crippen molar-refractivity contribution in [1.82, 2.24) is 9.66 Å². The number of benzene rings is 4. The highest BCUT2D eigenvalue weighted by atomic mass is 35.5. The Balaban J connectivity index is 1.35. The number of nitrogens with zero attached hydrogens (tertiary/aromatic N) is 3. The van der Waals surface area contributed by atoms with Crippen LogP contribution in [0.2, 0.25) is 10.0 Å². The molecule has 42 heavy (non-hydrogen) atoms. The second kappa shape index (κ2) is 11.6. The standard InChI is InChI=1S/C31H21Cl2N3O6/c1-2-39-27-13-18(7-11-26(27)42-31(38)19-8-12-25-28(14-19)41-17-40-25)16-34-36-29(21-10-9-20(32)15-23(21)33)35-24-6-4-3-5-22(24)30(36)37/h3-16H,2,17H2,1H3. The van der Waals surface area contributed by atoms with E-state index in [1.54, 1.807) is 78.9 Å². The van der Waals surface area contributed by atoms with Crippen LogP contribution in [-0.2, 0) is 0 Å². The number of hydrogen-bond acceptors (Lipinski definition) is 8. The molecule has 6 rings (SSSR count). The zero-order valence-corrected chi connectivity index (χ0v) is 23.6. The summed E-state index contributed by atoms with van der Waals surface area (Å²) in [4.78, 5) is 31.1. The topological polar surface area (TPSA) is 101 Å². The largest absolute Gasteiger partial charge is 0.490 e. The van der Waals surface area contributed by atoms with Crippen LogP contribution in [0.1, 0.15) is 22.8 Å². The monoisotopic (exact) mass is 601 g/mol. The Morgan fingerprint density at radius 1 is 1.00 bits per heavy atom. The number of halogens is 2. The fourth-order valence-electron chi connectivity index (χ4n) is 4.34. The lowest BCUT2D eigenvalue weighted by Gasteiger charge is -2.12. The number of para-hydroxylation sites is 1. The minimum Gasteiger partial charge on any atom is -0.490 e. The molecule has 9 nitrogen and oxygen atoms in total. The third kappa shape index (κ3) is 5.39. The van der Waals surface area contributed by atoms with Crippen molar-refractivity contribution in [2.45, 2.75) is 6.92 Å². The average molecular weight is 602 g/mol. The first kappa shape index (κ1) is 27.3. The average Bonchev–Trinajstić information content (AvgIpc) is 3.46. The number of rotatable bonds is 7. The Labute approximate surface area is 249 Å². The SMILES string of the molecule is CCOc1cc(C=Nn2c(-c3ccc(Cl)cc3Cl)nc3ccccc3c2=O)ccc1OC(=O)c1ccc2c(c1)OCO2. The summed E-state index contributed by atoms with van der Waals surface area (Å²) in [5, 5.41) is 5.64. The maximum atomic E-state index is 13.5. The molecule has 1 aliphatic rings. The van der Waals surface area contributed by atoms with Crippen LogP contribution in [0.15, 0.2) is 88.8 Å². The summed E-state index contributed by atoms with van der Waals surface area (Å²) in [6.45, 7) is 2.23. The highest BCUT2D eigenvalue weighted by Gasteiger charge is 2.19. The van der Waals surface area contributed by atoms with Crippen molar-refractivity contribution in [2.24, 2.45) is 5.10 Å². The molecule has 11 heteroatoms. The van der Waals surface area contributed by atoms with Crippen LogP contribution in [0.5, 0.6) is 23.0 Å². The van der Waals surface area contributed by atoms with E-state index in [-0.39, 0.29) is 23.9 Å². The lowest BCUT2D eigenvalue weighted by molar-refractivity contribution is 0.0728. The molecule has 0 saturated carbocycles. The van der Waals surface area contributed by atoms with Gasteiger partial charge in [-0.25, -0.2) is 9.78 Å². The molecule has 0 aliphatic carbocycles.